The lowest BCUT2D eigenvalue weighted by Crippen LogP contribution is -2.17. The summed E-state index contributed by atoms with van der Waals surface area (Å²) in [6.45, 7) is 4.28. The quantitative estimate of drug-likeness (QED) is 0.851. The normalized spacial score (nSPS) is 12.2. The molecule has 1 aromatic carbocycles. The summed E-state index contributed by atoms with van der Waals surface area (Å²) < 4.78 is 5.92. The van der Waals surface area contributed by atoms with Crippen molar-refractivity contribution >= 4 is 21.9 Å². The highest BCUT2D eigenvalue weighted by Gasteiger charge is 2.13. The molecule has 0 amide bonds. The molecular formula is C13H18BrNO2. The van der Waals surface area contributed by atoms with Crippen molar-refractivity contribution in [3.63, 3.8) is 0 Å². The Morgan fingerprint density at radius 1 is 1.47 bits per heavy atom. The van der Waals surface area contributed by atoms with Gasteiger partial charge in [-0.25, -0.2) is 0 Å². The van der Waals surface area contributed by atoms with Crippen LogP contribution in [0.5, 0.6) is 0 Å². The second kappa shape index (κ2) is 6.77. The molecule has 0 heterocycles. The minimum atomic E-state index is -0.309. The Labute approximate surface area is 110 Å². The molecule has 0 saturated carbocycles. The fourth-order valence-electron chi connectivity index (χ4n) is 1.60. The summed E-state index contributed by atoms with van der Waals surface area (Å²) in [6, 6.07) is 5.66. The smallest absolute Gasteiger partial charge is 0.307 e. The molecule has 3 nitrogen and oxygen atoms in total. The largest absolute Gasteiger partial charge is 0.466 e. The molecule has 0 aliphatic carbocycles. The average molecular weight is 300 g/mol. The molecule has 1 atom stereocenters. The molecule has 0 unspecified atom stereocenters. The summed E-state index contributed by atoms with van der Waals surface area (Å²) >= 11 is 3.50. The highest BCUT2D eigenvalue weighted by Crippen LogP contribution is 2.23. The van der Waals surface area contributed by atoms with E-state index in [1.54, 1.807) is 6.92 Å². The van der Waals surface area contributed by atoms with Gasteiger partial charge in [-0.05, 0) is 30.5 Å². The third-order valence-corrected chi connectivity index (χ3v) is 3.32. The summed E-state index contributed by atoms with van der Waals surface area (Å²) in [6.07, 6.45) is 1.18. The molecule has 0 fully saturated rings. The van der Waals surface area contributed by atoms with Crippen LogP contribution in [-0.2, 0) is 16.0 Å². The first-order valence-electron chi connectivity index (χ1n) is 5.78. The van der Waals surface area contributed by atoms with Crippen LogP contribution >= 0.6 is 15.9 Å². The predicted molar refractivity (Wildman–Crippen MR) is 71.7 cm³/mol. The minimum absolute atomic E-state index is 0.214. The monoisotopic (exact) mass is 299 g/mol. The Kier molecular flexibility index (Phi) is 5.65. The second-order valence-electron chi connectivity index (χ2n) is 3.82. The fourth-order valence-corrected chi connectivity index (χ4v) is 2.28. The van der Waals surface area contributed by atoms with Gasteiger partial charge in [0.05, 0.1) is 13.0 Å². The van der Waals surface area contributed by atoms with E-state index in [4.69, 9.17) is 10.5 Å². The van der Waals surface area contributed by atoms with Gasteiger partial charge in [0.2, 0.25) is 0 Å². The number of carbonyl (C=O) groups excluding carboxylic acids is 1. The van der Waals surface area contributed by atoms with Crippen LogP contribution in [0.3, 0.4) is 0 Å². The van der Waals surface area contributed by atoms with E-state index in [0.717, 1.165) is 16.5 Å². The predicted octanol–water partition coefficient (Wildman–Crippen LogP) is 2.96. The maximum atomic E-state index is 11.3. The molecule has 0 aliphatic rings. The van der Waals surface area contributed by atoms with Gasteiger partial charge in [-0.15, -0.1) is 0 Å². The summed E-state index contributed by atoms with van der Waals surface area (Å²) in [5.74, 6) is -0.254. The molecule has 2 N–H and O–H groups in total. The fraction of sp³-hybridized carbons (Fsp3) is 0.462. The first-order valence-corrected chi connectivity index (χ1v) is 6.57. The Morgan fingerprint density at radius 3 is 2.71 bits per heavy atom. The first kappa shape index (κ1) is 14.2. The van der Waals surface area contributed by atoms with Crippen LogP contribution in [0.2, 0.25) is 0 Å². The van der Waals surface area contributed by atoms with Crippen LogP contribution < -0.4 is 5.73 Å². The van der Waals surface area contributed by atoms with Crippen molar-refractivity contribution in [2.45, 2.75) is 32.7 Å². The molecule has 17 heavy (non-hydrogen) atoms. The number of hydrogen-bond acceptors (Lipinski definition) is 3. The highest BCUT2D eigenvalue weighted by molar-refractivity contribution is 9.10. The van der Waals surface area contributed by atoms with E-state index in [1.165, 1.54) is 5.56 Å². The van der Waals surface area contributed by atoms with Crippen LogP contribution in [0.25, 0.3) is 0 Å². The Bertz CT molecular complexity index is 393. The number of carbonyl (C=O) groups is 1. The minimum Gasteiger partial charge on any atom is -0.466 e. The third kappa shape index (κ3) is 4.13. The number of aryl methyl sites for hydroxylation is 1. The zero-order chi connectivity index (χ0) is 12.8. The molecule has 94 valence electrons. The van der Waals surface area contributed by atoms with Gasteiger partial charge in [0.1, 0.15) is 0 Å². The van der Waals surface area contributed by atoms with E-state index in [0.29, 0.717) is 6.61 Å². The van der Waals surface area contributed by atoms with Gasteiger partial charge in [-0.2, -0.15) is 0 Å². The number of ether oxygens (including phenoxy) is 1. The van der Waals surface area contributed by atoms with Crippen molar-refractivity contribution < 1.29 is 9.53 Å². The molecular weight excluding hydrogens is 282 g/mol. The number of esters is 1. The lowest BCUT2D eigenvalue weighted by Gasteiger charge is -2.13. The molecule has 0 aliphatic heterocycles. The van der Waals surface area contributed by atoms with Crippen LogP contribution in [0, 0.1) is 0 Å². The van der Waals surface area contributed by atoms with Gasteiger partial charge in [0.25, 0.3) is 0 Å². The van der Waals surface area contributed by atoms with Gasteiger partial charge < -0.3 is 10.5 Å². The van der Waals surface area contributed by atoms with Crippen molar-refractivity contribution in [2.75, 3.05) is 6.61 Å². The molecule has 1 rings (SSSR count). The topological polar surface area (TPSA) is 52.3 Å². The first-order chi connectivity index (χ1) is 8.08. The molecule has 0 radical (unpaired) electrons. The van der Waals surface area contributed by atoms with Gasteiger partial charge in [-0.3, -0.25) is 4.79 Å². The van der Waals surface area contributed by atoms with Crippen molar-refractivity contribution in [3.8, 4) is 0 Å². The Balaban J connectivity index is 2.72. The zero-order valence-corrected chi connectivity index (χ0v) is 11.8. The molecule has 1 aromatic rings. The van der Waals surface area contributed by atoms with Gasteiger partial charge in [0.15, 0.2) is 0 Å². The molecule has 4 heteroatoms. The molecule has 0 spiro atoms. The SMILES string of the molecule is CCOC(=O)C[C@@H](N)c1ccc(CC)c(Br)c1. The number of halogens is 1. The summed E-state index contributed by atoms with van der Waals surface area (Å²) in [5, 5.41) is 0. The van der Waals surface area contributed by atoms with E-state index in [2.05, 4.69) is 22.9 Å². The van der Waals surface area contributed by atoms with E-state index < -0.39 is 0 Å². The van der Waals surface area contributed by atoms with E-state index in [9.17, 15) is 4.79 Å². The summed E-state index contributed by atoms with van der Waals surface area (Å²) in [5.41, 5.74) is 8.14. The third-order valence-electron chi connectivity index (χ3n) is 2.58. The standard InChI is InChI=1S/C13H18BrNO2/c1-3-9-5-6-10(7-11(9)14)12(15)8-13(16)17-4-2/h5-7,12H,3-4,8,15H2,1-2H3/t12-/m1/s1. The van der Waals surface area contributed by atoms with E-state index >= 15 is 0 Å². The lowest BCUT2D eigenvalue weighted by atomic mass is 10.0. The van der Waals surface area contributed by atoms with Gasteiger partial charge in [0, 0.05) is 10.5 Å². The molecule has 0 aromatic heterocycles. The van der Waals surface area contributed by atoms with Crippen molar-refractivity contribution in [1.29, 1.82) is 0 Å². The molecule has 0 bridgehead atoms. The Morgan fingerprint density at radius 2 is 2.18 bits per heavy atom. The number of benzene rings is 1. The maximum Gasteiger partial charge on any atom is 0.307 e. The summed E-state index contributed by atoms with van der Waals surface area (Å²) in [4.78, 5) is 11.3. The number of rotatable bonds is 5. The van der Waals surface area contributed by atoms with Crippen molar-refractivity contribution in [1.82, 2.24) is 0 Å². The zero-order valence-electron chi connectivity index (χ0n) is 10.2. The van der Waals surface area contributed by atoms with Gasteiger partial charge in [-0.1, -0.05) is 35.0 Å². The number of nitrogens with two attached hydrogens (primary N) is 1. The van der Waals surface area contributed by atoms with Crippen LogP contribution in [0.15, 0.2) is 22.7 Å². The van der Waals surface area contributed by atoms with Crippen LogP contribution in [0.1, 0.15) is 37.4 Å². The van der Waals surface area contributed by atoms with Crippen LogP contribution in [-0.4, -0.2) is 12.6 Å². The maximum absolute atomic E-state index is 11.3. The van der Waals surface area contributed by atoms with Crippen LogP contribution in [0.4, 0.5) is 0 Å². The molecule has 0 saturated heterocycles. The van der Waals surface area contributed by atoms with Gasteiger partial charge >= 0.3 is 5.97 Å². The van der Waals surface area contributed by atoms with Crippen molar-refractivity contribution in [2.24, 2.45) is 5.73 Å². The van der Waals surface area contributed by atoms with E-state index in [-0.39, 0.29) is 18.4 Å². The summed E-state index contributed by atoms with van der Waals surface area (Å²) in [7, 11) is 0. The highest BCUT2D eigenvalue weighted by atomic mass is 79.9. The average Bonchev–Trinajstić information content (AvgIpc) is 2.29. The Hall–Kier alpha value is -0.870. The van der Waals surface area contributed by atoms with E-state index in [1.807, 2.05) is 18.2 Å². The number of hydrogen-bond donors (Lipinski definition) is 1. The lowest BCUT2D eigenvalue weighted by molar-refractivity contribution is -0.143. The second-order valence-corrected chi connectivity index (χ2v) is 4.67. The van der Waals surface area contributed by atoms with Crippen molar-refractivity contribution in [3.05, 3.63) is 33.8 Å².